The summed E-state index contributed by atoms with van der Waals surface area (Å²) in [6, 6.07) is 6.87. The summed E-state index contributed by atoms with van der Waals surface area (Å²) in [6.07, 6.45) is 1.15. The van der Waals surface area contributed by atoms with Crippen LogP contribution >= 0.6 is 0 Å². The highest BCUT2D eigenvalue weighted by Gasteiger charge is 2.14. The highest BCUT2D eigenvalue weighted by atomic mass is 15.1. The van der Waals surface area contributed by atoms with E-state index < -0.39 is 0 Å². The highest BCUT2D eigenvalue weighted by Crippen LogP contribution is 2.22. The molecule has 2 rings (SSSR count). The molecule has 0 saturated heterocycles. The molecule has 92 valence electrons. The number of rotatable bonds is 1. The number of hydrogen-bond acceptors (Lipinski definition) is 1. The predicted molar refractivity (Wildman–Crippen MR) is 73.7 cm³/mol. The molecule has 0 saturated carbocycles. The average molecular weight is 221 g/mol. The van der Waals surface area contributed by atoms with Crippen molar-refractivity contribution in [2.75, 3.05) is 7.05 Å². The van der Waals surface area contributed by atoms with Gasteiger partial charge in [-0.15, -0.1) is 0 Å². The summed E-state index contributed by atoms with van der Waals surface area (Å²) in [5, 5.41) is 0. The molecule has 0 bridgehead atoms. The molecule has 1 aromatic rings. The van der Waals surface area contributed by atoms with Crippen molar-refractivity contribution < 1.29 is 0 Å². The van der Waals surface area contributed by atoms with Crippen molar-refractivity contribution >= 4 is 0 Å². The van der Waals surface area contributed by atoms with E-state index in [-0.39, 0.29) is 0 Å². The maximum Gasteiger partial charge on any atom is 0.0237 e. The Morgan fingerprint density at radius 1 is 1.00 bits per heavy atom. The van der Waals surface area contributed by atoms with Crippen molar-refractivity contribution in [3.8, 4) is 0 Å². The molecule has 0 aromatic heterocycles. The van der Waals surface area contributed by atoms with E-state index in [4.69, 9.17) is 0 Å². The zero-order chi connectivity index (χ0) is 12.6. The Morgan fingerprint density at radius 3 is 2.12 bits per heavy atom. The average Bonchev–Trinajstić information content (AvgIpc) is 2.73. The fourth-order valence-corrected chi connectivity index (χ4v) is 1.84. The van der Waals surface area contributed by atoms with Crippen molar-refractivity contribution in [2.24, 2.45) is 0 Å². The maximum atomic E-state index is 2.35. The zero-order valence-electron chi connectivity index (χ0n) is 11.8. The van der Waals surface area contributed by atoms with Gasteiger partial charge in [-0.1, -0.05) is 52.8 Å². The Bertz CT molecular complexity index is 291. The summed E-state index contributed by atoms with van der Waals surface area (Å²) in [5.41, 5.74) is 4.50. The van der Waals surface area contributed by atoms with Gasteiger partial charge in [-0.2, -0.15) is 0 Å². The molecular formula is C15H27N. The first-order valence-electron chi connectivity index (χ1n) is 6.59. The summed E-state index contributed by atoms with van der Waals surface area (Å²) < 4.78 is 0. The minimum Gasteiger partial charge on any atom is -0.298 e. The van der Waals surface area contributed by atoms with Gasteiger partial charge in [-0.25, -0.2) is 0 Å². The van der Waals surface area contributed by atoms with Crippen LogP contribution in [0, 0.1) is 0 Å². The molecule has 0 radical (unpaired) electrons. The van der Waals surface area contributed by atoms with Crippen LogP contribution in [0.1, 0.15) is 51.3 Å². The van der Waals surface area contributed by atoms with E-state index in [2.05, 4.69) is 37.1 Å². The van der Waals surface area contributed by atoms with Crippen LogP contribution in [0.15, 0.2) is 18.2 Å². The highest BCUT2D eigenvalue weighted by molar-refractivity contribution is 5.34. The Hall–Kier alpha value is -0.820. The largest absolute Gasteiger partial charge is 0.298 e. The normalized spacial score (nSPS) is 13.1. The molecular weight excluding hydrogens is 194 g/mol. The van der Waals surface area contributed by atoms with Gasteiger partial charge in [0.25, 0.3) is 0 Å². The monoisotopic (exact) mass is 221 g/mol. The van der Waals surface area contributed by atoms with Crippen LogP contribution < -0.4 is 0 Å². The lowest BCUT2D eigenvalue weighted by atomic mass is 10.1. The number of hydrogen-bond donors (Lipinski definition) is 0. The van der Waals surface area contributed by atoms with Crippen LogP contribution in [0.5, 0.6) is 0 Å². The number of aryl methyl sites for hydroxylation is 1. The molecule has 0 unspecified atom stereocenters. The van der Waals surface area contributed by atoms with Crippen molar-refractivity contribution in [3.05, 3.63) is 34.9 Å². The fourth-order valence-electron chi connectivity index (χ4n) is 1.84. The molecule has 1 heterocycles. The lowest BCUT2D eigenvalue weighted by Crippen LogP contribution is -2.07. The minimum absolute atomic E-state index is 1.12. The van der Waals surface area contributed by atoms with Crippen LogP contribution in [-0.2, 0) is 19.5 Å². The smallest absolute Gasteiger partial charge is 0.0237 e. The molecule has 0 aliphatic carbocycles. The molecule has 1 aliphatic rings. The van der Waals surface area contributed by atoms with Crippen molar-refractivity contribution in [2.45, 2.75) is 54.1 Å². The summed E-state index contributed by atoms with van der Waals surface area (Å²) in [4.78, 5) is 2.35. The Kier molecular flexibility index (Phi) is 7.92. The van der Waals surface area contributed by atoms with Gasteiger partial charge in [0.1, 0.15) is 0 Å². The summed E-state index contributed by atoms with van der Waals surface area (Å²) in [7, 11) is 2.17. The predicted octanol–water partition coefficient (Wildman–Crippen LogP) is 4.25. The zero-order valence-corrected chi connectivity index (χ0v) is 11.8. The van der Waals surface area contributed by atoms with Crippen LogP contribution in [0.25, 0.3) is 0 Å². The summed E-state index contributed by atoms with van der Waals surface area (Å²) >= 11 is 0. The second-order valence-electron chi connectivity index (χ2n) is 3.63. The number of nitrogens with zero attached hydrogens (tertiary/aromatic N) is 1. The Morgan fingerprint density at radius 2 is 1.56 bits per heavy atom. The third-order valence-corrected chi connectivity index (χ3v) is 2.56. The van der Waals surface area contributed by atoms with E-state index in [1.165, 1.54) is 16.7 Å². The van der Waals surface area contributed by atoms with Gasteiger partial charge in [-0.05, 0) is 30.2 Å². The number of benzene rings is 1. The number of fused-ring (bicyclic) bond motifs is 1. The van der Waals surface area contributed by atoms with E-state index in [9.17, 15) is 0 Å². The van der Waals surface area contributed by atoms with E-state index in [1.807, 2.05) is 27.7 Å². The third-order valence-electron chi connectivity index (χ3n) is 2.56. The fraction of sp³-hybridized carbons (Fsp3) is 0.600. The topological polar surface area (TPSA) is 3.24 Å². The molecule has 1 heteroatoms. The molecule has 1 nitrogen and oxygen atoms in total. The SMILES string of the molecule is CC.CC.CCc1ccc2c(c1)CN(C)C2. The van der Waals surface area contributed by atoms with Crippen LogP contribution in [-0.4, -0.2) is 11.9 Å². The van der Waals surface area contributed by atoms with Gasteiger partial charge in [0.2, 0.25) is 0 Å². The lowest BCUT2D eigenvalue weighted by Gasteiger charge is -2.02. The molecule has 1 aliphatic heterocycles. The third kappa shape index (κ3) is 3.97. The molecule has 0 N–H and O–H groups in total. The first-order valence-corrected chi connectivity index (χ1v) is 6.59. The molecule has 1 aromatic carbocycles. The molecule has 16 heavy (non-hydrogen) atoms. The first-order chi connectivity index (χ1) is 7.79. The summed E-state index contributed by atoms with van der Waals surface area (Å²) in [6.45, 7) is 12.5. The van der Waals surface area contributed by atoms with Gasteiger partial charge in [-0.3, -0.25) is 4.90 Å². The van der Waals surface area contributed by atoms with Gasteiger partial charge in [0.05, 0.1) is 0 Å². The molecule has 0 amide bonds. The van der Waals surface area contributed by atoms with Gasteiger partial charge < -0.3 is 0 Å². The Balaban J connectivity index is 0.000000509. The van der Waals surface area contributed by atoms with E-state index >= 15 is 0 Å². The van der Waals surface area contributed by atoms with E-state index in [0.717, 1.165) is 19.5 Å². The van der Waals surface area contributed by atoms with Gasteiger partial charge in [0, 0.05) is 13.1 Å². The molecule has 0 atom stereocenters. The van der Waals surface area contributed by atoms with Gasteiger partial charge >= 0.3 is 0 Å². The van der Waals surface area contributed by atoms with Crippen LogP contribution in [0.4, 0.5) is 0 Å². The van der Waals surface area contributed by atoms with Crippen LogP contribution in [0.3, 0.4) is 0 Å². The summed E-state index contributed by atoms with van der Waals surface area (Å²) in [5.74, 6) is 0. The minimum atomic E-state index is 1.12. The standard InChI is InChI=1S/C11H15N.2C2H6/c1-3-9-4-5-10-7-12(2)8-11(10)6-9;2*1-2/h4-6H,3,7-8H2,1-2H3;2*1-2H3. The van der Waals surface area contributed by atoms with Crippen molar-refractivity contribution in [3.63, 3.8) is 0 Å². The van der Waals surface area contributed by atoms with E-state index in [0.29, 0.717) is 0 Å². The quantitative estimate of drug-likeness (QED) is 0.685. The molecule has 0 fully saturated rings. The van der Waals surface area contributed by atoms with E-state index in [1.54, 1.807) is 0 Å². The Labute approximate surface area is 101 Å². The molecule has 0 spiro atoms. The van der Waals surface area contributed by atoms with Crippen molar-refractivity contribution in [1.29, 1.82) is 0 Å². The lowest BCUT2D eigenvalue weighted by molar-refractivity contribution is 0.353. The second kappa shape index (κ2) is 8.35. The van der Waals surface area contributed by atoms with Crippen LogP contribution in [0.2, 0.25) is 0 Å². The maximum absolute atomic E-state index is 2.35. The van der Waals surface area contributed by atoms with Crippen molar-refractivity contribution in [1.82, 2.24) is 4.90 Å². The second-order valence-corrected chi connectivity index (χ2v) is 3.63. The van der Waals surface area contributed by atoms with Gasteiger partial charge in [0.15, 0.2) is 0 Å². The first kappa shape index (κ1) is 15.2.